The van der Waals surface area contributed by atoms with Gasteiger partial charge in [-0.05, 0) is 23.8 Å². The van der Waals surface area contributed by atoms with Crippen LogP contribution >= 0.6 is 11.6 Å². The summed E-state index contributed by atoms with van der Waals surface area (Å²) in [5.74, 6) is 0.673. The summed E-state index contributed by atoms with van der Waals surface area (Å²) in [6.07, 6.45) is 4.43. The van der Waals surface area contributed by atoms with Crippen molar-refractivity contribution in [2.24, 2.45) is 7.05 Å². The van der Waals surface area contributed by atoms with Gasteiger partial charge in [-0.2, -0.15) is 5.10 Å². The molecule has 4 rings (SSSR count). The third-order valence-electron chi connectivity index (χ3n) is 4.48. The van der Waals surface area contributed by atoms with Crippen LogP contribution in [-0.2, 0) is 13.6 Å². The van der Waals surface area contributed by atoms with E-state index in [0.29, 0.717) is 30.4 Å². The first-order valence-corrected chi connectivity index (χ1v) is 8.56. The van der Waals surface area contributed by atoms with Crippen molar-refractivity contribution < 1.29 is 9.84 Å². The maximum Gasteiger partial charge on any atom is 0.157 e. The third kappa shape index (κ3) is 3.33. The number of likely N-dealkylation sites (tertiary alicyclic amines) is 1. The number of rotatable bonds is 4. The van der Waals surface area contributed by atoms with Crippen LogP contribution < -0.4 is 4.74 Å². The van der Waals surface area contributed by atoms with Crippen molar-refractivity contribution in [3.63, 3.8) is 0 Å². The Balaban J connectivity index is 1.50. The lowest BCUT2D eigenvalue weighted by molar-refractivity contribution is 0.0736. The summed E-state index contributed by atoms with van der Waals surface area (Å²) in [6.45, 7) is 1.89. The van der Waals surface area contributed by atoms with Crippen LogP contribution in [0.1, 0.15) is 5.56 Å². The zero-order valence-electron chi connectivity index (χ0n) is 13.8. The highest BCUT2D eigenvalue weighted by Crippen LogP contribution is 2.27. The van der Waals surface area contributed by atoms with Crippen molar-refractivity contribution in [3.05, 3.63) is 53.4 Å². The molecular formula is C18H19ClN4O2. The van der Waals surface area contributed by atoms with E-state index in [-0.39, 0.29) is 6.10 Å². The molecule has 0 radical (unpaired) electrons. The molecule has 1 aliphatic rings. The number of aliphatic hydroxyl groups excluding tert-OH is 1. The number of benzene rings is 1. The maximum atomic E-state index is 10.3. The molecule has 2 aromatic heterocycles. The highest BCUT2D eigenvalue weighted by Gasteiger charge is 2.33. The second-order valence-electron chi connectivity index (χ2n) is 6.37. The van der Waals surface area contributed by atoms with Crippen molar-refractivity contribution >= 4 is 22.5 Å². The Bertz CT molecular complexity index is 898. The summed E-state index contributed by atoms with van der Waals surface area (Å²) in [5.41, 5.74) is 2.00. The van der Waals surface area contributed by atoms with Gasteiger partial charge in [0.15, 0.2) is 5.75 Å². The van der Waals surface area contributed by atoms with E-state index in [1.54, 1.807) is 23.3 Å². The van der Waals surface area contributed by atoms with E-state index in [9.17, 15) is 5.11 Å². The smallest absolute Gasteiger partial charge is 0.157 e. The van der Waals surface area contributed by atoms with Gasteiger partial charge in [-0.25, -0.2) is 0 Å². The van der Waals surface area contributed by atoms with Crippen molar-refractivity contribution in [2.75, 3.05) is 13.1 Å². The average molecular weight is 359 g/mol. The van der Waals surface area contributed by atoms with Crippen LogP contribution in [0.15, 0.2) is 42.9 Å². The van der Waals surface area contributed by atoms with Crippen LogP contribution in [0.5, 0.6) is 5.75 Å². The maximum absolute atomic E-state index is 10.3. The number of aryl methyl sites for hydroxylation is 1. The molecule has 0 amide bonds. The number of β-amino-alcohol motifs (C(OH)–C–C–N with tert-alkyl or cyclic N) is 1. The average Bonchev–Trinajstić information content (AvgIpc) is 3.16. The highest BCUT2D eigenvalue weighted by atomic mass is 35.5. The Hall–Kier alpha value is -2.15. The zero-order chi connectivity index (χ0) is 17.4. The predicted molar refractivity (Wildman–Crippen MR) is 95.7 cm³/mol. The zero-order valence-corrected chi connectivity index (χ0v) is 14.6. The highest BCUT2D eigenvalue weighted by molar-refractivity contribution is 6.35. The lowest BCUT2D eigenvalue weighted by Crippen LogP contribution is -2.29. The van der Waals surface area contributed by atoms with Gasteiger partial charge in [-0.3, -0.25) is 14.6 Å². The first-order valence-electron chi connectivity index (χ1n) is 8.18. The first kappa shape index (κ1) is 16.3. The summed E-state index contributed by atoms with van der Waals surface area (Å²) in [7, 11) is 1.84. The molecule has 0 spiro atoms. The van der Waals surface area contributed by atoms with E-state index < -0.39 is 6.10 Å². The number of fused-ring (bicyclic) bond motifs is 1. The lowest BCUT2D eigenvalue weighted by Gasteiger charge is -2.17. The van der Waals surface area contributed by atoms with Gasteiger partial charge in [0.1, 0.15) is 12.2 Å². The molecule has 3 heterocycles. The van der Waals surface area contributed by atoms with Crippen LogP contribution in [0.2, 0.25) is 5.02 Å². The number of halogens is 1. The predicted octanol–water partition coefficient (Wildman–Crippen LogP) is 2.25. The van der Waals surface area contributed by atoms with E-state index in [1.807, 2.05) is 31.3 Å². The van der Waals surface area contributed by atoms with Crippen molar-refractivity contribution in [2.45, 2.75) is 18.8 Å². The minimum Gasteiger partial charge on any atom is -0.483 e. The Morgan fingerprint density at radius 3 is 3.00 bits per heavy atom. The molecule has 3 aromatic rings. The molecule has 0 bridgehead atoms. The number of nitrogens with zero attached hydrogens (tertiary/aromatic N) is 4. The van der Waals surface area contributed by atoms with E-state index in [2.05, 4.69) is 15.0 Å². The van der Waals surface area contributed by atoms with Crippen LogP contribution in [0.25, 0.3) is 10.9 Å². The van der Waals surface area contributed by atoms with Gasteiger partial charge >= 0.3 is 0 Å². The number of ether oxygens (including phenoxy) is 1. The van der Waals surface area contributed by atoms with E-state index in [0.717, 1.165) is 16.5 Å². The van der Waals surface area contributed by atoms with E-state index >= 15 is 0 Å². The van der Waals surface area contributed by atoms with Gasteiger partial charge in [0, 0.05) is 43.3 Å². The molecule has 1 N–H and O–H groups in total. The molecule has 0 unspecified atom stereocenters. The van der Waals surface area contributed by atoms with Gasteiger partial charge in [0.2, 0.25) is 0 Å². The molecule has 0 aliphatic carbocycles. The standard InChI is InChI=1S/C18H19ClN4O2/c1-22-9-13(7-21-22)25-17-11-23(10-16(17)24)8-12-4-5-15(19)14-3-2-6-20-18(12)14/h2-7,9,16-17,24H,8,10-11H2,1H3/t16-,17-/m1/s1. The number of aromatic nitrogens is 3. The van der Waals surface area contributed by atoms with E-state index in [4.69, 9.17) is 16.3 Å². The number of aliphatic hydroxyl groups is 1. The number of hydrogen-bond donors (Lipinski definition) is 1. The number of pyridine rings is 1. The second kappa shape index (κ2) is 6.63. The summed E-state index contributed by atoms with van der Waals surface area (Å²) >= 11 is 6.26. The molecule has 1 fully saturated rings. The van der Waals surface area contributed by atoms with Gasteiger partial charge in [0.05, 0.1) is 17.9 Å². The third-order valence-corrected chi connectivity index (χ3v) is 4.80. The first-order chi connectivity index (χ1) is 12.1. The normalized spacial score (nSPS) is 21.1. The molecule has 0 saturated carbocycles. The molecule has 130 valence electrons. The molecule has 1 aromatic carbocycles. The fourth-order valence-electron chi connectivity index (χ4n) is 3.28. The summed E-state index contributed by atoms with van der Waals surface area (Å²) < 4.78 is 7.55. The summed E-state index contributed by atoms with van der Waals surface area (Å²) in [5, 5.41) is 16.1. The molecule has 1 saturated heterocycles. The Morgan fingerprint density at radius 1 is 1.32 bits per heavy atom. The monoisotopic (exact) mass is 358 g/mol. The van der Waals surface area contributed by atoms with Crippen molar-refractivity contribution in [1.82, 2.24) is 19.7 Å². The Kier molecular flexibility index (Phi) is 4.33. The molecule has 25 heavy (non-hydrogen) atoms. The van der Waals surface area contributed by atoms with Crippen LogP contribution in [-0.4, -0.2) is 50.1 Å². The molecule has 2 atom stereocenters. The Labute approximate surface area is 150 Å². The van der Waals surface area contributed by atoms with Crippen LogP contribution in [0, 0.1) is 0 Å². The lowest BCUT2D eigenvalue weighted by atomic mass is 10.1. The minimum atomic E-state index is -0.535. The van der Waals surface area contributed by atoms with Gasteiger partial charge in [0.25, 0.3) is 0 Å². The van der Waals surface area contributed by atoms with Crippen LogP contribution in [0.4, 0.5) is 0 Å². The Morgan fingerprint density at radius 2 is 2.20 bits per heavy atom. The van der Waals surface area contributed by atoms with Gasteiger partial charge in [-0.1, -0.05) is 17.7 Å². The summed E-state index contributed by atoms with van der Waals surface area (Å²) in [6, 6.07) is 7.76. The van der Waals surface area contributed by atoms with E-state index in [1.165, 1.54) is 0 Å². The molecule has 6 nitrogen and oxygen atoms in total. The van der Waals surface area contributed by atoms with Crippen molar-refractivity contribution in [1.29, 1.82) is 0 Å². The van der Waals surface area contributed by atoms with Crippen molar-refractivity contribution in [3.8, 4) is 5.75 Å². The largest absolute Gasteiger partial charge is 0.483 e. The fraction of sp³-hybridized carbons (Fsp3) is 0.333. The fourth-order valence-corrected chi connectivity index (χ4v) is 3.49. The topological polar surface area (TPSA) is 63.4 Å². The van der Waals surface area contributed by atoms with Crippen LogP contribution in [0.3, 0.4) is 0 Å². The molecular weight excluding hydrogens is 340 g/mol. The van der Waals surface area contributed by atoms with Gasteiger partial charge < -0.3 is 9.84 Å². The second-order valence-corrected chi connectivity index (χ2v) is 6.78. The van der Waals surface area contributed by atoms with Gasteiger partial charge in [-0.15, -0.1) is 0 Å². The number of hydrogen-bond acceptors (Lipinski definition) is 5. The quantitative estimate of drug-likeness (QED) is 0.775. The summed E-state index contributed by atoms with van der Waals surface area (Å²) in [4.78, 5) is 6.65. The molecule has 7 heteroatoms. The molecule has 1 aliphatic heterocycles. The minimum absolute atomic E-state index is 0.268. The SMILES string of the molecule is Cn1cc(O[C@@H]2CN(Cc3ccc(Cl)c4cccnc34)C[C@H]2O)cn1.